The van der Waals surface area contributed by atoms with E-state index in [-0.39, 0.29) is 0 Å². The normalized spacial score (nSPS) is 18.2. The van der Waals surface area contributed by atoms with Crippen molar-refractivity contribution in [3.05, 3.63) is 22.2 Å². The molecule has 0 amide bonds. The van der Waals surface area contributed by atoms with Crippen LogP contribution in [0.25, 0.3) is 0 Å². The summed E-state index contributed by atoms with van der Waals surface area (Å²) in [5.41, 5.74) is 6.68. The van der Waals surface area contributed by atoms with Crippen molar-refractivity contribution in [2.75, 3.05) is 6.54 Å². The Kier molecular flexibility index (Phi) is 2.83. The number of nitrogens with two attached hydrogens (primary N) is 1. The van der Waals surface area contributed by atoms with Gasteiger partial charge in [-0.15, -0.1) is 0 Å². The van der Waals surface area contributed by atoms with Crippen LogP contribution in [0.2, 0.25) is 0 Å². The van der Waals surface area contributed by atoms with Gasteiger partial charge in [-0.1, -0.05) is 6.92 Å². The molecule has 1 aromatic rings. The summed E-state index contributed by atoms with van der Waals surface area (Å²) >= 11 is 3.46. The van der Waals surface area contributed by atoms with Gasteiger partial charge >= 0.3 is 0 Å². The maximum absolute atomic E-state index is 5.63. The smallest absolute Gasteiger partial charge is 0.131 e. The van der Waals surface area contributed by atoms with Crippen molar-refractivity contribution in [1.82, 2.24) is 9.97 Å². The first kappa shape index (κ1) is 10.1. The van der Waals surface area contributed by atoms with Crippen LogP contribution in [0.5, 0.6) is 0 Å². The molecule has 1 aliphatic rings. The van der Waals surface area contributed by atoms with Gasteiger partial charge in [-0.2, -0.15) is 0 Å². The second kappa shape index (κ2) is 3.95. The van der Waals surface area contributed by atoms with Gasteiger partial charge in [-0.25, -0.2) is 9.97 Å². The van der Waals surface area contributed by atoms with E-state index >= 15 is 0 Å². The highest BCUT2D eigenvalue weighted by Gasteiger charge is 2.27. The van der Waals surface area contributed by atoms with E-state index in [4.69, 9.17) is 5.73 Å². The SMILES string of the molecule is CC(CN)c1nc(C2CC2)ncc1Br. The number of aromatic nitrogens is 2. The summed E-state index contributed by atoms with van der Waals surface area (Å²) in [6.07, 6.45) is 4.32. The highest BCUT2D eigenvalue weighted by Crippen LogP contribution is 2.38. The standard InChI is InChI=1S/C10H14BrN3/c1-6(4-12)9-8(11)5-13-10(14-9)7-2-3-7/h5-7H,2-4,12H2,1H3. The summed E-state index contributed by atoms with van der Waals surface area (Å²) in [5, 5.41) is 0. The van der Waals surface area contributed by atoms with Crippen molar-refractivity contribution in [2.45, 2.75) is 31.6 Å². The molecule has 1 unspecified atom stereocenters. The van der Waals surface area contributed by atoms with Crippen molar-refractivity contribution in [3.63, 3.8) is 0 Å². The van der Waals surface area contributed by atoms with Crippen LogP contribution in [0.1, 0.15) is 43.1 Å². The number of halogens is 1. The first-order chi connectivity index (χ1) is 6.72. The van der Waals surface area contributed by atoms with Crippen LogP contribution in [0.15, 0.2) is 10.7 Å². The molecule has 1 atom stereocenters. The van der Waals surface area contributed by atoms with Gasteiger partial charge in [0.05, 0.1) is 10.2 Å². The molecule has 14 heavy (non-hydrogen) atoms. The fraction of sp³-hybridized carbons (Fsp3) is 0.600. The van der Waals surface area contributed by atoms with E-state index in [2.05, 4.69) is 32.8 Å². The molecule has 0 saturated heterocycles. The Labute approximate surface area is 92.3 Å². The molecule has 1 fully saturated rings. The molecule has 1 aromatic heterocycles. The quantitative estimate of drug-likeness (QED) is 0.901. The first-order valence-corrected chi connectivity index (χ1v) is 5.74. The Balaban J connectivity index is 2.31. The van der Waals surface area contributed by atoms with E-state index < -0.39 is 0 Å². The number of hydrogen-bond donors (Lipinski definition) is 1. The van der Waals surface area contributed by atoms with Crippen molar-refractivity contribution in [1.29, 1.82) is 0 Å². The molecule has 4 heteroatoms. The molecule has 1 saturated carbocycles. The lowest BCUT2D eigenvalue weighted by Gasteiger charge is -2.10. The van der Waals surface area contributed by atoms with Gasteiger partial charge in [0.2, 0.25) is 0 Å². The molecule has 76 valence electrons. The molecule has 1 heterocycles. The third kappa shape index (κ3) is 1.96. The lowest BCUT2D eigenvalue weighted by atomic mass is 10.1. The Morgan fingerprint density at radius 2 is 2.36 bits per heavy atom. The van der Waals surface area contributed by atoms with E-state index in [0.717, 1.165) is 16.0 Å². The van der Waals surface area contributed by atoms with Crippen LogP contribution in [0.3, 0.4) is 0 Å². The summed E-state index contributed by atoms with van der Waals surface area (Å²) in [6, 6.07) is 0. The Morgan fingerprint density at radius 3 is 2.93 bits per heavy atom. The van der Waals surface area contributed by atoms with Gasteiger partial charge < -0.3 is 5.73 Å². The van der Waals surface area contributed by atoms with Gasteiger partial charge in [-0.05, 0) is 28.8 Å². The topological polar surface area (TPSA) is 51.8 Å². The molecule has 0 aromatic carbocycles. The molecule has 0 spiro atoms. The van der Waals surface area contributed by atoms with Crippen LogP contribution in [0, 0.1) is 0 Å². The first-order valence-electron chi connectivity index (χ1n) is 4.94. The highest BCUT2D eigenvalue weighted by atomic mass is 79.9. The molecule has 1 aliphatic carbocycles. The Morgan fingerprint density at radius 1 is 1.64 bits per heavy atom. The number of rotatable bonds is 3. The third-order valence-corrected chi connectivity index (χ3v) is 3.16. The summed E-state index contributed by atoms with van der Waals surface area (Å²) < 4.78 is 0.972. The molecular weight excluding hydrogens is 242 g/mol. The molecule has 0 aliphatic heterocycles. The lowest BCUT2D eigenvalue weighted by Crippen LogP contribution is -2.12. The van der Waals surface area contributed by atoms with Gasteiger partial charge in [-0.3, -0.25) is 0 Å². The monoisotopic (exact) mass is 255 g/mol. The summed E-state index contributed by atoms with van der Waals surface area (Å²) in [6.45, 7) is 2.71. The molecular formula is C10H14BrN3. The van der Waals surface area contributed by atoms with Crippen LogP contribution >= 0.6 is 15.9 Å². The zero-order chi connectivity index (χ0) is 10.1. The van der Waals surface area contributed by atoms with Gasteiger partial charge in [0.15, 0.2) is 0 Å². The minimum absolute atomic E-state index is 0.296. The lowest BCUT2D eigenvalue weighted by molar-refractivity contribution is 0.720. The molecule has 0 bridgehead atoms. The predicted molar refractivity (Wildman–Crippen MR) is 59.2 cm³/mol. The Bertz CT molecular complexity index is 336. The fourth-order valence-electron chi connectivity index (χ4n) is 1.39. The zero-order valence-corrected chi connectivity index (χ0v) is 9.79. The van der Waals surface area contributed by atoms with E-state index in [9.17, 15) is 0 Å². The molecule has 2 rings (SSSR count). The van der Waals surface area contributed by atoms with Crippen molar-refractivity contribution in [2.24, 2.45) is 5.73 Å². The number of nitrogens with zero attached hydrogens (tertiary/aromatic N) is 2. The summed E-state index contributed by atoms with van der Waals surface area (Å²) in [5.74, 6) is 1.89. The van der Waals surface area contributed by atoms with E-state index in [1.165, 1.54) is 12.8 Å². The van der Waals surface area contributed by atoms with Gasteiger partial charge in [0.25, 0.3) is 0 Å². The van der Waals surface area contributed by atoms with E-state index in [1.807, 2.05) is 6.20 Å². The largest absolute Gasteiger partial charge is 0.330 e. The minimum Gasteiger partial charge on any atom is -0.330 e. The molecule has 0 radical (unpaired) electrons. The predicted octanol–water partition coefficient (Wildman–Crippen LogP) is 2.18. The van der Waals surface area contributed by atoms with Crippen LogP contribution in [-0.4, -0.2) is 16.5 Å². The van der Waals surface area contributed by atoms with E-state index in [0.29, 0.717) is 18.4 Å². The maximum Gasteiger partial charge on any atom is 0.131 e. The average Bonchev–Trinajstić information content (AvgIpc) is 3.01. The van der Waals surface area contributed by atoms with Crippen LogP contribution < -0.4 is 5.73 Å². The average molecular weight is 256 g/mol. The molecule has 3 nitrogen and oxygen atoms in total. The zero-order valence-electron chi connectivity index (χ0n) is 8.20. The molecule has 2 N–H and O–H groups in total. The minimum atomic E-state index is 0.296. The second-order valence-corrected chi connectivity index (χ2v) is 4.73. The Hall–Kier alpha value is -0.480. The fourth-order valence-corrected chi connectivity index (χ4v) is 1.97. The van der Waals surface area contributed by atoms with Crippen molar-refractivity contribution >= 4 is 15.9 Å². The van der Waals surface area contributed by atoms with Crippen LogP contribution in [0.4, 0.5) is 0 Å². The van der Waals surface area contributed by atoms with Crippen LogP contribution in [-0.2, 0) is 0 Å². The van der Waals surface area contributed by atoms with E-state index in [1.54, 1.807) is 0 Å². The summed E-state index contributed by atoms with van der Waals surface area (Å²) in [7, 11) is 0. The van der Waals surface area contributed by atoms with Crippen molar-refractivity contribution in [3.8, 4) is 0 Å². The number of hydrogen-bond acceptors (Lipinski definition) is 3. The maximum atomic E-state index is 5.63. The second-order valence-electron chi connectivity index (χ2n) is 3.87. The van der Waals surface area contributed by atoms with Crippen molar-refractivity contribution < 1.29 is 0 Å². The summed E-state index contributed by atoms with van der Waals surface area (Å²) in [4.78, 5) is 8.89. The van der Waals surface area contributed by atoms with Gasteiger partial charge in [0, 0.05) is 24.6 Å². The third-order valence-electron chi connectivity index (χ3n) is 2.55. The highest BCUT2D eigenvalue weighted by molar-refractivity contribution is 9.10. The van der Waals surface area contributed by atoms with Gasteiger partial charge in [0.1, 0.15) is 5.82 Å².